The zero-order chi connectivity index (χ0) is 16.9. The molecule has 0 radical (unpaired) electrons. The molecule has 5 heteroatoms. The zero-order valence-corrected chi connectivity index (χ0v) is 15.1. The number of ether oxygens (including phenoxy) is 1. The van der Waals surface area contributed by atoms with Crippen molar-refractivity contribution in [1.82, 2.24) is 15.5 Å². The van der Waals surface area contributed by atoms with Crippen LogP contribution in [0.25, 0.3) is 0 Å². The van der Waals surface area contributed by atoms with E-state index in [1.165, 1.54) is 11.1 Å². The Hall–Kier alpha value is -1.59. The number of guanidine groups is 1. The third-order valence-corrected chi connectivity index (χ3v) is 3.63. The van der Waals surface area contributed by atoms with E-state index in [1.807, 2.05) is 6.92 Å². The highest BCUT2D eigenvalue weighted by Crippen LogP contribution is 2.07. The normalized spacial score (nSPS) is 11.8. The lowest BCUT2D eigenvalue weighted by atomic mass is 10.1. The van der Waals surface area contributed by atoms with Crippen LogP contribution in [0.2, 0.25) is 0 Å². The molecule has 0 fully saturated rings. The Kier molecular flexibility index (Phi) is 10.1. The second-order valence-electron chi connectivity index (χ2n) is 5.55. The minimum atomic E-state index is 0.773. The SMILES string of the molecule is CCOCCCNC(=NC)NCc1cccc(CN(C)CC)c1. The number of hydrogen-bond donors (Lipinski definition) is 2. The quantitative estimate of drug-likeness (QED) is 0.394. The van der Waals surface area contributed by atoms with Crippen molar-refractivity contribution in [1.29, 1.82) is 0 Å². The van der Waals surface area contributed by atoms with Crippen molar-refractivity contribution in [3.8, 4) is 0 Å². The third kappa shape index (κ3) is 8.57. The van der Waals surface area contributed by atoms with Crippen molar-refractivity contribution < 1.29 is 4.74 Å². The smallest absolute Gasteiger partial charge is 0.191 e. The van der Waals surface area contributed by atoms with Crippen LogP contribution in [0.4, 0.5) is 0 Å². The summed E-state index contributed by atoms with van der Waals surface area (Å²) in [5, 5.41) is 6.66. The van der Waals surface area contributed by atoms with Crippen molar-refractivity contribution in [2.45, 2.75) is 33.4 Å². The summed E-state index contributed by atoms with van der Waals surface area (Å²) < 4.78 is 5.33. The van der Waals surface area contributed by atoms with Crippen LogP contribution in [0.5, 0.6) is 0 Å². The molecule has 1 aromatic carbocycles. The van der Waals surface area contributed by atoms with E-state index in [2.05, 4.69) is 58.8 Å². The molecule has 130 valence electrons. The lowest BCUT2D eigenvalue weighted by molar-refractivity contribution is 0.145. The van der Waals surface area contributed by atoms with Crippen LogP contribution < -0.4 is 10.6 Å². The third-order valence-electron chi connectivity index (χ3n) is 3.63. The molecule has 0 aliphatic rings. The first-order valence-corrected chi connectivity index (χ1v) is 8.48. The fourth-order valence-electron chi connectivity index (χ4n) is 2.19. The highest BCUT2D eigenvalue weighted by atomic mass is 16.5. The summed E-state index contributed by atoms with van der Waals surface area (Å²) in [7, 11) is 3.93. The van der Waals surface area contributed by atoms with E-state index in [0.29, 0.717) is 0 Å². The van der Waals surface area contributed by atoms with E-state index in [4.69, 9.17) is 4.74 Å². The van der Waals surface area contributed by atoms with Gasteiger partial charge in [0.2, 0.25) is 0 Å². The van der Waals surface area contributed by atoms with Crippen LogP contribution in [0.3, 0.4) is 0 Å². The van der Waals surface area contributed by atoms with Crippen LogP contribution in [0, 0.1) is 0 Å². The number of aliphatic imine (C=N–C) groups is 1. The van der Waals surface area contributed by atoms with Gasteiger partial charge >= 0.3 is 0 Å². The highest BCUT2D eigenvalue weighted by Gasteiger charge is 2.01. The summed E-state index contributed by atoms with van der Waals surface area (Å²) in [4.78, 5) is 6.55. The highest BCUT2D eigenvalue weighted by molar-refractivity contribution is 5.79. The lowest BCUT2D eigenvalue weighted by Crippen LogP contribution is -2.37. The zero-order valence-electron chi connectivity index (χ0n) is 15.1. The van der Waals surface area contributed by atoms with Crippen molar-refractivity contribution in [2.24, 2.45) is 4.99 Å². The fourth-order valence-corrected chi connectivity index (χ4v) is 2.19. The molecule has 0 bridgehead atoms. The molecule has 0 aliphatic heterocycles. The maximum Gasteiger partial charge on any atom is 0.191 e. The van der Waals surface area contributed by atoms with Gasteiger partial charge in [-0.05, 0) is 38.1 Å². The van der Waals surface area contributed by atoms with Gasteiger partial charge in [-0.2, -0.15) is 0 Å². The van der Waals surface area contributed by atoms with Gasteiger partial charge in [0.1, 0.15) is 0 Å². The van der Waals surface area contributed by atoms with Gasteiger partial charge in [-0.1, -0.05) is 31.2 Å². The number of nitrogens with zero attached hydrogens (tertiary/aromatic N) is 2. The molecule has 23 heavy (non-hydrogen) atoms. The molecular weight excluding hydrogens is 288 g/mol. The van der Waals surface area contributed by atoms with E-state index < -0.39 is 0 Å². The molecule has 2 N–H and O–H groups in total. The van der Waals surface area contributed by atoms with Crippen LogP contribution in [0.1, 0.15) is 31.4 Å². The largest absolute Gasteiger partial charge is 0.382 e. The molecule has 0 aromatic heterocycles. The van der Waals surface area contributed by atoms with Crippen molar-refractivity contribution in [3.63, 3.8) is 0 Å². The first-order valence-electron chi connectivity index (χ1n) is 8.48. The van der Waals surface area contributed by atoms with Crippen molar-refractivity contribution in [3.05, 3.63) is 35.4 Å². The molecular formula is C18H32N4O. The molecule has 0 saturated carbocycles. The first-order chi connectivity index (χ1) is 11.2. The summed E-state index contributed by atoms with van der Waals surface area (Å²) in [6.45, 7) is 9.42. The Labute approximate surface area is 141 Å². The molecule has 0 aliphatic carbocycles. The lowest BCUT2D eigenvalue weighted by Gasteiger charge is -2.15. The van der Waals surface area contributed by atoms with Gasteiger partial charge < -0.3 is 20.3 Å². The standard InChI is InChI=1S/C18H32N4O/c1-5-22(4)15-17-10-7-9-16(13-17)14-21-18(19-3)20-11-8-12-23-6-2/h7,9-10,13H,5-6,8,11-12,14-15H2,1-4H3,(H2,19,20,21). The molecule has 5 nitrogen and oxygen atoms in total. The average Bonchev–Trinajstić information content (AvgIpc) is 2.57. The average molecular weight is 320 g/mol. The van der Waals surface area contributed by atoms with E-state index in [1.54, 1.807) is 7.05 Å². The molecule has 0 heterocycles. The van der Waals surface area contributed by atoms with Gasteiger partial charge in [0.25, 0.3) is 0 Å². The van der Waals surface area contributed by atoms with E-state index >= 15 is 0 Å². The molecule has 0 unspecified atom stereocenters. The Balaban J connectivity index is 2.38. The fraction of sp³-hybridized carbons (Fsp3) is 0.611. The maximum absolute atomic E-state index is 5.33. The molecule has 0 amide bonds. The molecule has 1 rings (SSSR count). The summed E-state index contributed by atoms with van der Waals surface area (Å²) >= 11 is 0. The Morgan fingerprint density at radius 2 is 2.00 bits per heavy atom. The summed E-state index contributed by atoms with van der Waals surface area (Å²) in [6.07, 6.45) is 0.980. The molecule has 1 aromatic rings. The van der Waals surface area contributed by atoms with Gasteiger partial charge in [-0.25, -0.2) is 0 Å². The summed E-state index contributed by atoms with van der Waals surface area (Å²) in [5.74, 6) is 0.831. The summed E-state index contributed by atoms with van der Waals surface area (Å²) in [6, 6.07) is 8.69. The number of hydrogen-bond acceptors (Lipinski definition) is 3. The van der Waals surface area contributed by atoms with Crippen molar-refractivity contribution >= 4 is 5.96 Å². The van der Waals surface area contributed by atoms with Crippen LogP contribution in [-0.2, 0) is 17.8 Å². The molecule has 0 saturated heterocycles. The van der Waals surface area contributed by atoms with E-state index in [-0.39, 0.29) is 0 Å². The minimum absolute atomic E-state index is 0.773. The first kappa shape index (κ1) is 19.5. The Bertz CT molecular complexity index is 462. The Morgan fingerprint density at radius 3 is 2.70 bits per heavy atom. The van der Waals surface area contributed by atoms with Crippen LogP contribution in [-0.4, -0.2) is 51.3 Å². The number of rotatable bonds is 10. The second-order valence-corrected chi connectivity index (χ2v) is 5.55. The van der Waals surface area contributed by atoms with Gasteiger partial charge in [0.15, 0.2) is 5.96 Å². The minimum Gasteiger partial charge on any atom is -0.382 e. The van der Waals surface area contributed by atoms with Crippen molar-refractivity contribution in [2.75, 3.05) is 40.4 Å². The van der Waals surface area contributed by atoms with Crippen LogP contribution in [0.15, 0.2) is 29.3 Å². The topological polar surface area (TPSA) is 48.9 Å². The monoisotopic (exact) mass is 320 g/mol. The van der Waals surface area contributed by atoms with Gasteiger partial charge in [-0.3, -0.25) is 4.99 Å². The van der Waals surface area contributed by atoms with E-state index in [9.17, 15) is 0 Å². The Morgan fingerprint density at radius 1 is 1.22 bits per heavy atom. The van der Waals surface area contributed by atoms with Gasteiger partial charge in [-0.15, -0.1) is 0 Å². The predicted octanol–water partition coefficient (Wildman–Crippen LogP) is 2.23. The van der Waals surface area contributed by atoms with Crippen LogP contribution >= 0.6 is 0 Å². The summed E-state index contributed by atoms with van der Waals surface area (Å²) in [5.41, 5.74) is 2.61. The predicted molar refractivity (Wildman–Crippen MR) is 97.8 cm³/mol. The molecule has 0 atom stereocenters. The maximum atomic E-state index is 5.33. The number of benzene rings is 1. The second kappa shape index (κ2) is 11.9. The van der Waals surface area contributed by atoms with E-state index in [0.717, 1.165) is 51.8 Å². The number of nitrogens with one attached hydrogen (secondary N) is 2. The van der Waals surface area contributed by atoms with Gasteiger partial charge in [0, 0.05) is 39.9 Å². The van der Waals surface area contributed by atoms with Gasteiger partial charge in [0.05, 0.1) is 0 Å². The molecule has 0 spiro atoms.